The Morgan fingerprint density at radius 1 is 1.03 bits per heavy atom. The molecule has 0 bridgehead atoms. The number of aromatic amines is 1. The number of piperazine rings is 1. The summed E-state index contributed by atoms with van der Waals surface area (Å²) in [6.45, 7) is 1.49. The number of rotatable bonds is 6. The van der Waals surface area contributed by atoms with E-state index in [4.69, 9.17) is 4.74 Å². The van der Waals surface area contributed by atoms with Crippen molar-refractivity contribution in [1.29, 1.82) is 0 Å². The van der Waals surface area contributed by atoms with E-state index in [2.05, 4.69) is 15.0 Å². The van der Waals surface area contributed by atoms with E-state index in [0.29, 0.717) is 44.6 Å². The second-order valence-corrected chi connectivity index (χ2v) is 9.01. The standard InChI is InChI=1S/C23H25F6N5O3/c24-22(25,26)15-12-31-21(32-13-15)34-7-5-33(6-8-34)19(35)4-9-37-18-3-1-2-16(18)14-10-17(23(27,28)29)20(36)30-11-14/h10-13,16,18H,1-9H2,(H,30,36)/t16-,18-/m1/s1. The van der Waals surface area contributed by atoms with Crippen molar-refractivity contribution >= 4 is 11.9 Å². The summed E-state index contributed by atoms with van der Waals surface area (Å²) in [5.74, 6) is -0.321. The second-order valence-electron chi connectivity index (χ2n) is 9.01. The van der Waals surface area contributed by atoms with Crippen LogP contribution in [-0.2, 0) is 21.9 Å². The SMILES string of the molecule is O=C(CCO[C@@H]1CCC[C@@H]1c1c[nH]c(=O)c(C(F)(F)F)c1)N1CCN(c2ncc(C(F)(F)F)cn2)CC1. The molecular formula is C23H25F6N5O3. The highest BCUT2D eigenvalue weighted by atomic mass is 19.4. The Bertz CT molecular complexity index is 1140. The molecule has 2 atom stereocenters. The molecule has 1 saturated heterocycles. The van der Waals surface area contributed by atoms with Crippen molar-refractivity contribution in [2.24, 2.45) is 0 Å². The maximum Gasteiger partial charge on any atom is 0.421 e. The number of nitrogens with one attached hydrogen (secondary N) is 1. The first-order chi connectivity index (χ1) is 17.4. The maximum absolute atomic E-state index is 13.1. The summed E-state index contributed by atoms with van der Waals surface area (Å²) in [5, 5.41) is 0. The van der Waals surface area contributed by atoms with Crippen LogP contribution >= 0.6 is 0 Å². The number of hydrogen-bond donors (Lipinski definition) is 1. The fourth-order valence-electron chi connectivity index (χ4n) is 4.67. The quantitative estimate of drug-likeness (QED) is 0.571. The zero-order valence-corrected chi connectivity index (χ0v) is 19.6. The zero-order valence-electron chi connectivity index (χ0n) is 19.6. The predicted molar refractivity (Wildman–Crippen MR) is 119 cm³/mol. The first-order valence-electron chi connectivity index (χ1n) is 11.8. The summed E-state index contributed by atoms with van der Waals surface area (Å²) < 4.78 is 83.3. The van der Waals surface area contributed by atoms with E-state index in [0.717, 1.165) is 24.9 Å². The number of carbonyl (C=O) groups is 1. The first-order valence-corrected chi connectivity index (χ1v) is 11.8. The van der Waals surface area contributed by atoms with Gasteiger partial charge in [-0.3, -0.25) is 9.59 Å². The van der Waals surface area contributed by atoms with Crippen molar-refractivity contribution in [1.82, 2.24) is 19.9 Å². The maximum atomic E-state index is 13.1. The predicted octanol–water partition coefficient (Wildman–Crippen LogP) is 3.59. The van der Waals surface area contributed by atoms with Gasteiger partial charge in [-0.2, -0.15) is 26.3 Å². The summed E-state index contributed by atoms with van der Waals surface area (Å²) in [6.07, 6.45) is -4.83. The van der Waals surface area contributed by atoms with Gasteiger partial charge in [0.25, 0.3) is 5.56 Å². The Hall–Kier alpha value is -3.16. The summed E-state index contributed by atoms with van der Waals surface area (Å²) in [6, 6.07) is 0.871. The molecule has 1 aliphatic carbocycles. The number of halogens is 6. The van der Waals surface area contributed by atoms with E-state index in [1.54, 1.807) is 9.80 Å². The zero-order chi connectivity index (χ0) is 26.8. The van der Waals surface area contributed by atoms with Crippen molar-refractivity contribution in [3.63, 3.8) is 0 Å². The van der Waals surface area contributed by atoms with Gasteiger partial charge in [0.05, 0.1) is 24.7 Å². The van der Waals surface area contributed by atoms with Crippen LogP contribution in [0.25, 0.3) is 0 Å². The third kappa shape index (κ3) is 6.40. The van der Waals surface area contributed by atoms with Crippen molar-refractivity contribution in [3.05, 3.63) is 51.7 Å². The van der Waals surface area contributed by atoms with E-state index < -0.39 is 29.0 Å². The lowest BCUT2D eigenvalue weighted by atomic mass is 9.96. The van der Waals surface area contributed by atoms with Gasteiger partial charge in [-0.1, -0.05) is 6.42 Å². The van der Waals surface area contributed by atoms with Crippen LogP contribution in [0.15, 0.2) is 29.5 Å². The van der Waals surface area contributed by atoms with Crippen molar-refractivity contribution in [2.45, 2.75) is 50.1 Å². The molecule has 0 radical (unpaired) electrons. The summed E-state index contributed by atoms with van der Waals surface area (Å²) in [4.78, 5) is 37.2. The van der Waals surface area contributed by atoms with Crippen LogP contribution in [0.4, 0.5) is 32.3 Å². The van der Waals surface area contributed by atoms with E-state index in [-0.39, 0.29) is 36.9 Å². The molecule has 2 aromatic heterocycles. The second kappa shape index (κ2) is 10.7. The van der Waals surface area contributed by atoms with Gasteiger partial charge in [-0.25, -0.2) is 9.97 Å². The molecule has 2 aliphatic rings. The number of carbonyl (C=O) groups excluding carboxylic acids is 1. The Kier molecular flexibility index (Phi) is 7.76. The van der Waals surface area contributed by atoms with Crippen LogP contribution in [0, 0.1) is 0 Å². The monoisotopic (exact) mass is 533 g/mol. The van der Waals surface area contributed by atoms with Gasteiger partial charge in [0.2, 0.25) is 11.9 Å². The number of alkyl halides is 6. The minimum absolute atomic E-state index is 0.0828. The highest BCUT2D eigenvalue weighted by Crippen LogP contribution is 2.38. The number of anilines is 1. The molecule has 202 valence electrons. The topological polar surface area (TPSA) is 91.4 Å². The third-order valence-electron chi connectivity index (χ3n) is 6.64. The van der Waals surface area contributed by atoms with Gasteiger partial charge < -0.3 is 19.5 Å². The highest BCUT2D eigenvalue weighted by Gasteiger charge is 2.37. The van der Waals surface area contributed by atoms with Crippen LogP contribution in [0.2, 0.25) is 0 Å². The molecule has 2 fully saturated rings. The Morgan fingerprint density at radius 3 is 2.32 bits per heavy atom. The fraction of sp³-hybridized carbons (Fsp3) is 0.565. The van der Waals surface area contributed by atoms with Gasteiger partial charge in [0, 0.05) is 50.7 Å². The first kappa shape index (κ1) is 26.9. The Morgan fingerprint density at radius 2 is 1.70 bits per heavy atom. The van der Waals surface area contributed by atoms with E-state index in [1.165, 1.54) is 6.20 Å². The van der Waals surface area contributed by atoms with Gasteiger partial charge in [0.15, 0.2) is 0 Å². The van der Waals surface area contributed by atoms with Crippen LogP contribution in [0.5, 0.6) is 0 Å². The Labute approximate surface area is 207 Å². The van der Waals surface area contributed by atoms with Gasteiger partial charge in [-0.15, -0.1) is 0 Å². The normalized spacial score (nSPS) is 20.9. The molecule has 4 rings (SSSR count). The highest BCUT2D eigenvalue weighted by molar-refractivity contribution is 5.76. The van der Waals surface area contributed by atoms with Gasteiger partial charge in [-0.05, 0) is 24.5 Å². The largest absolute Gasteiger partial charge is 0.421 e. The van der Waals surface area contributed by atoms with Crippen LogP contribution in [0.1, 0.15) is 48.3 Å². The van der Waals surface area contributed by atoms with Crippen LogP contribution in [0.3, 0.4) is 0 Å². The molecule has 0 aromatic carbocycles. The van der Waals surface area contributed by atoms with Crippen molar-refractivity contribution in [3.8, 4) is 0 Å². The van der Waals surface area contributed by atoms with E-state index >= 15 is 0 Å². The molecule has 1 amide bonds. The average molecular weight is 533 g/mol. The third-order valence-corrected chi connectivity index (χ3v) is 6.64. The van der Waals surface area contributed by atoms with E-state index in [1.807, 2.05) is 0 Å². The minimum Gasteiger partial charge on any atom is -0.377 e. The van der Waals surface area contributed by atoms with Crippen molar-refractivity contribution in [2.75, 3.05) is 37.7 Å². The number of nitrogens with zero attached hydrogens (tertiary/aromatic N) is 4. The van der Waals surface area contributed by atoms with Crippen LogP contribution in [-0.4, -0.2) is 64.6 Å². The summed E-state index contributed by atoms with van der Waals surface area (Å²) >= 11 is 0. The van der Waals surface area contributed by atoms with Crippen LogP contribution < -0.4 is 10.5 Å². The molecule has 8 nitrogen and oxygen atoms in total. The number of aromatic nitrogens is 3. The fourth-order valence-corrected chi connectivity index (χ4v) is 4.67. The lowest BCUT2D eigenvalue weighted by molar-refractivity contribution is -0.139. The molecule has 1 N–H and O–H groups in total. The minimum atomic E-state index is -4.76. The summed E-state index contributed by atoms with van der Waals surface area (Å²) in [7, 11) is 0. The molecule has 1 aliphatic heterocycles. The molecule has 1 saturated carbocycles. The molecule has 37 heavy (non-hydrogen) atoms. The molecule has 3 heterocycles. The number of ether oxygens (including phenoxy) is 1. The number of hydrogen-bond acceptors (Lipinski definition) is 6. The molecule has 0 unspecified atom stereocenters. The number of amides is 1. The summed E-state index contributed by atoms with van der Waals surface area (Å²) in [5.41, 5.74) is -3.02. The van der Waals surface area contributed by atoms with Gasteiger partial charge in [0.1, 0.15) is 5.56 Å². The molecule has 2 aromatic rings. The van der Waals surface area contributed by atoms with Gasteiger partial charge >= 0.3 is 12.4 Å². The molecular weight excluding hydrogens is 508 g/mol. The number of pyridine rings is 1. The smallest absolute Gasteiger partial charge is 0.377 e. The Balaban J connectivity index is 1.26. The number of H-pyrrole nitrogens is 1. The lowest BCUT2D eigenvalue weighted by Crippen LogP contribution is -2.49. The van der Waals surface area contributed by atoms with Crippen molar-refractivity contribution < 1.29 is 35.9 Å². The molecule has 14 heteroatoms. The average Bonchev–Trinajstić information content (AvgIpc) is 3.32. The van der Waals surface area contributed by atoms with E-state index in [9.17, 15) is 35.9 Å². The molecule has 0 spiro atoms. The lowest BCUT2D eigenvalue weighted by Gasteiger charge is -2.35.